The van der Waals surface area contributed by atoms with Gasteiger partial charge in [0.05, 0.1) is 20.3 Å². The number of hydrogen-bond donors (Lipinski definition) is 2. The van der Waals surface area contributed by atoms with Gasteiger partial charge in [-0.3, -0.25) is 5.84 Å². The molecule has 0 aliphatic rings. The summed E-state index contributed by atoms with van der Waals surface area (Å²) in [6.07, 6.45) is 0. The highest BCUT2D eigenvalue weighted by molar-refractivity contribution is 5.45. The van der Waals surface area contributed by atoms with Crippen LogP contribution in [0.15, 0.2) is 42.5 Å². The Morgan fingerprint density at radius 3 is 2.50 bits per heavy atom. The van der Waals surface area contributed by atoms with Crippen molar-refractivity contribution in [2.75, 3.05) is 14.2 Å². The van der Waals surface area contributed by atoms with Gasteiger partial charge in [-0.1, -0.05) is 29.8 Å². The van der Waals surface area contributed by atoms with E-state index in [4.69, 9.17) is 15.3 Å². The molecule has 0 radical (unpaired) electrons. The maximum Gasteiger partial charge on any atom is 0.124 e. The molecule has 0 heterocycles. The fourth-order valence-corrected chi connectivity index (χ4v) is 2.27. The van der Waals surface area contributed by atoms with E-state index in [1.165, 1.54) is 0 Å². The van der Waals surface area contributed by atoms with Gasteiger partial charge in [0.1, 0.15) is 11.5 Å². The topological polar surface area (TPSA) is 56.5 Å². The highest BCUT2D eigenvalue weighted by atomic mass is 16.5. The maximum absolute atomic E-state index is 5.76. The first-order valence-electron chi connectivity index (χ1n) is 6.44. The highest BCUT2D eigenvalue weighted by Crippen LogP contribution is 2.31. The molecule has 3 N–H and O–H groups in total. The van der Waals surface area contributed by atoms with Crippen LogP contribution in [0.4, 0.5) is 0 Å². The fraction of sp³-hybridized carbons (Fsp3) is 0.250. The van der Waals surface area contributed by atoms with Gasteiger partial charge in [-0.05, 0) is 30.7 Å². The molecular formula is C16H20N2O2. The normalized spacial score (nSPS) is 12.0. The van der Waals surface area contributed by atoms with E-state index in [-0.39, 0.29) is 6.04 Å². The number of hydrazine groups is 1. The second kappa shape index (κ2) is 6.41. The molecule has 0 bridgehead atoms. The second-order valence-corrected chi connectivity index (χ2v) is 4.62. The zero-order chi connectivity index (χ0) is 14.5. The van der Waals surface area contributed by atoms with Gasteiger partial charge in [-0.15, -0.1) is 0 Å². The second-order valence-electron chi connectivity index (χ2n) is 4.62. The van der Waals surface area contributed by atoms with Crippen molar-refractivity contribution in [3.63, 3.8) is 0 Å². The van der Waals surface area contributed by atoms with Crippen molar-refractivity contribution in [2.24, 2.45) is 5.84 Å². The van der Waals surface area contributed by atoms with Crippen LogP contribution < -0.4 is 20.7 Å². The molecule has 20 heavy (non-hydrogen) atoms. The summed E-state index contributed by atoms with van der Waals surface area (Å²) in [7, 11) is 3.31. The van der Waals surface area contributed by atoms with E-state index in [9.17, 15) is 0 Å². The van der Waals surface area contributed by atoms with Gasteiger partial charge >= 0.3 is 0 Å². The van der Waals surface area contributed by atoms with Gasteiger partial charge in [0.25, 0.3) is 0 Å². The molecule has 2 rings (SSSR count). The predicted octanol–water partition coefficient (Wildman–Crippen LogP) is 2.56. The molecule has 0 saturated carbocycles. The summed E-state index contributed by atoms with van der Waals surface area (Å²) in [5.74, 6) is 7.36. The Kier molecular flexibility index (Phi) is 4.61. The quantitative estimate of drug-likeness (QED) is 0.649. The first kappa shape index (κ1) is 14.4. The molecular weight excluding hydrogens is 252 g/mol. The SMILES string of the molecule is COc1cccc(C(NN)c2cc(C)ccc2OC)c1. The van der Waals surface area contributed by atoms with Crippen LogP contribution in [0.3, 0.4) is 0 Å². The molecule has 2 aromatic rings. The minimum Gasteiger partial charge on any atom is -0.497 e. The van der Waals surface area contributed by atoms with Crippen molar-refractivity contribution in [2.45, 2.75) is 13.0 Å². The van der Waals surface area contributed by atoms with Crippen LogP contribution in [0.1, 0.15) is 22.7 Å². The fourth-order valence-electron chi connectivity index (χ4n) is 2.27. The molecule has 0 aromatic heterocycles. The Labute approximate surface area is 119 Å². The summed E-state index contributed by atoms with van der Waals surface area (Å²) in [5, 5.41) is 0. The van der Waals surface area contributed by atoms with Crippen LogP contribution in [0.5, 0.6) is 11.5 Å². The van der Waals surface area contributed by atoms with Crippen molar-refractivity contribution in [3.8, 4) is 11.5 Å². The number of aryl methyl sites for hydroxylation is 1. The van der Waals surface area contributed by atoms with Crippen LogP contribution in [-0.4, -0.2) is 14.2 Å². The Hall–Kier alpha value is -2.04. The third-order valence-electron chi connectivity index (χ3n) is 3.29. The Balaban J connectivity index is 2.48. The molecule has 1 unspecified atom stereocenters. The molecule has 0 spiro atoms. The molecule has 0 saturated heterocycles. The minimum atomic E-state index is -0.153. The smallest absolute Gasteiger partial charge is 0.124 e. The summed E-state index contributed by atoms with van der Waals surface area (Å²) >= 11 is 0. The van der Waals surface area contributed by atoms with Crippen LogP contribution in [-0.2, 0) is 0 Å². The first-order chi connectivity index (χ1) is 9.69. The third kappa shape index (κ3) is 2.92. The van der Waals surface area contributed by atoms with E-state index in [2.05, 4.69) is 11.5 Å². The molecule has 4 heteroatoms. The zero-order valence-corrected chi connectivity index (χ0v) is 12.0. The Morgan fingerprint density at radius 2 is 1.85 bits per heavy atom. The molecule has 106 valence electrons. The maximum atomic E-state index is 5.76. The van der Waals surface area contributed by atoms with E-state index in [1.54, 1.807) is 14.2 Å². The molecule has 1 atom stereocenters. The molecule has 0 aliphatic carbocycles. The average molecular weight is 272 g/mol. The largest absolute Gasteiger partial charge is 0.497 e. The van der Waals surface area contributed by atoms with Gasteiger partial charge in [0, 0.05) is 5.56 Å². The lowest BCUT2D eigenvalue weighted by molar-refractivity contribution is 0.403. The summed E-state index contributed by atoms with van der Waals surface area (Å²) in [4.78, 5) is 0. The third-order valence-corrected chi connectivity index (χ3v) is 3.29. The summed E-state index contributed by atoms with van der Waals surface area (Å²) in [6.45, 7) is 2.04. The van der Waals surface area contributed by atoms with Crippen molar-refractivity contribution in [3.05, 3.63) is 59.2 Å². The standard InChI is InChI=1S/C16H20N2O2/c1-11-7-8-15(20-3)14(9-11)16(18-17)12-5-4-6-13(10-12)19-2/h4-10,16,18H,17H2,1-3H3. The predicted molar refractivity (Wildman–Crippen MR) is 79.9 cm³/mol. The lowest BCUT2D eigenvalue weighted by Gasteiger charge is -2.20. The number of hydrogen-bond acceptors (Lipinski definition) is 4. The van der Waals surface area contributed by atoms with Crippen molar-refractivity contribution >= 4 is 0 Å². The van der Waals surface area contributed by atoms with E-state index >= 15 is 0 Å². The lowest BCUT2D eigenvalue weighted by atomic mass is 9.96. The number of rotatable bonds is 5. The number of methoxy groups -OCH3 is 2. The van der Waals surface area contributed by atoms with Crippen LogP contribution in [0.2, 0.25) is 0 Å². The van der Waals surface area contributed by atoms with E-state index in [1.807, 2.05) is 43.3 Å². The van der Waals surface area contributed by atoms with Crippen LogP contribution in [0, 0.1) is 6.92 Å². The van der Waals surface area contributed by atoms with Gasteiger partial charge in [-0.2, -0.15) is 0 Å². The molecule has 2 aromatic carbocycles. The van der Waals surface area contributed by atoms with Crippen LogP contribution in [0.25, 0.3) is 0 Å². The number of benzene rings is 2. The van der Waals surface area contributed by atoms with E-state index in [0.29, 0.717) is 0 Å². The molecule has 4 nitrogen and oxygen atoms in total. The zero-order valence-electron chi connectivity index (χ0n) is 12.0. The monoisotopic (exact) mass is 272 g/mol. The average Bonchev–Trinajstić information content (AvgIpc) is 2.48. The van der Waals surface area contributed by atoms with Crippen molar-refractivity contribution in [1.82, 2.24) is 5.43 Å². The summed E-state index contributed by atoms with van der Waals surface area (Å²) < 4.78 is 10.7. The van der Waals surface area contributed by atoms with E-state index < -0.39 is 0 Å². The van der Waals surface area contributed by atoms with Crippen molar-refractivity contribution < 1.29 is 9.47 Å². The Bertz CT molecular complexity index is 584. The number of nitrogens with one attached hydrogen (secondary N) is 1. The van der Waals surface area contributed by atoms with Gasteiger partial charge in [0.2, 0.25) is 0 Å². The van der Waals surface area contributed by atoms with Gasteiger partial charge < -0.3 is 9.47 Å². The first-order valence-corrected chi connectivity index (χ1v) is 6.44. The highest BCUT2D eigenvalue weighted by Gasteiger charge is 2.17. The number of nitrogens with two attached hydrogens (primary N) is 1. The molecule has 0 amide bonds. The van der Waals surface area contributed by atoms with Gasteiger partial charge in [0.15, 0.2) is 0 Å². The molecule has 0 fully saturated rings. The van der Waals surface area contributed by atoms with Crippen LogP contribution >= 0.6 is 0 Å². The van der Waals surface area contributed by atoms with Gasteiger partial charge in [-0.25, -0.2) is 5.43 Å². The lowest BCUT2D eigenvalue weighted by Crippen LogP contribution is -2.29. The minimum absolute atomic E-state index is 0.153. The van der Waals surface area contributed by atoms with Crippen molar-refractivity contribution in [1.29, 1.82) is 0 Å². The molecule has 0 aliphatic heterocycles. The van der Waals surface area contributed by atoms with E-state index in [0.717, 1.165) is 28.2 Å². The summed E-state index contributed by atoms with van der Waals surface area (Å²) in [5.41, 5.74) is 6.04. The summed E-state index contributed by atoms with van der Waals surface area (Å²) in [6, 6.07) is 13.7. The number of ether oxygens (including phenoxy) is 2. The Morgan fingerprint density at radius 1 is 1.05 bits per heavy atom.